The van der Waals surface area contributed by atoms with Gasteiger partial charge in [0, 0.05) is 17.3 Å². The lowest BCUT2D eigenvalue weighted by Gasteiger charge is -2.11. The summed E-state index contributed by atoms with van der Waals surface area (Å²) in [6.07, 6.45) is 0.0133. The van der Waals surface area contributed by atoms with Crippen molar-refractivity contribution in [3.8, 4) is 11.5 Å². The summed E-state index contributed by atoms with van der Waals surface area (Å²) in [6.45, 7) is 0. The first-order valence-corrected chi connectivity index (χ1v) is 6.49. The average Bonchev–Trinajstić information content (AvgIpc) is 2.50. The lowest BCUT2D eigenvalue weighted by atomic mass is 10.1. The molecule has 0 saturated carbocycles. The summed E-state index contributed by atoms with van der Waals surface area (Å²) < 4.78 is 36.2. The van der Waals surface area contributed by atoms with Crippen LogP contribution in [0.25, 0.3) is 0 Å². The molecule has 0 aliphatic carbocycles. The molecule has 2 aromatic rings. The summed E-state index contributed by atoms with van der Waals surface area (Å²) in [6, 6.07) is 8.27. The monoisotopic (exact) mass is 307 g/mol. The van der Waals surface area contributed by atoms with Crippen LogP contribution in [0.1, 0.15) is 5.56 Å². The summed E-state index contributed by atoms with van der Waals surface area (Å²) in [5.74, 6) is -1.22. The highest BCUT2D eigenvalue weighted by Crippen LogP contribution is 2.24. The molecule has 116 valence electrons. The molecule has 0 unspecified atom stereocenters. The predicted molar refractivity (Wildman–Crippen MR) is 78.2 cm³/mol. The number of amides is 1. The summed E-state index contributed by atoms with van der Waals surface area (Å²) in [7, 11) is 3.02. The Kier molecular flexibility index (Phi) is 4.93. The number of halogens is 2. The van der Waals surface area contributed by atoms with Gasteiger partial charge < -0.3 is 14.8 Å². The standard InChI is InChI=1S/C16H15F2NO3/c1-21-12-4-6-15(22-2)10(7-12)8-16(20)19-11-3-5-13(17)14(18)9-11/h3-7,9H,8H2,1-2H3,(H,19,20). The van der Waals surface area contributed by atoms with Crippen LogP contribution in [0.2, 0.25) is 0 Å². The molecule has 0 aliphatic heterocycles. The Labute approximate surface area is 126 Å². The minimum absolute atomic E-state index is 0.0133. The molecule has 0 heterocycles. The number of methoxy groups -OCH3 is 2. The third kappa shape index (κ3) is 3.72. The van der Waals surface area contributed by atoms with Gasteiger partial charge in [-0.25, -0.2) is 8.78 Å². The van der Waals surface area contributed by atoms with Crippen LogP contribution in [-0.4, -0.2) is 20.1 Å². The van der Waals surface area contributed by atoms with Gasteiger partial charge in [0.15, 0.2) is 11.6 Å². The summed E-state index contributed by atoms with van der Waals surface area (Å²) in [5.41, 5.74) is 0.813. The highest BCUT2D eigenvalue weighted by atomic mass is 19.2. The lowest BCUT2D eigenvalue weighted by Crippen LogP contribution is -2.15. The van der Waals surface area contributed by atoms with Crippen molar-refractivity contribution in [2.75, 3.05) is 19.5 Å². The smallest absolute Gasteiger partial charge is 0.228 e. The molecule has 22 heavy (non-hydrogen) atoms. The van der Waals surface area contributed by atoms with Crippen molar-refractivity contribution in [2.24, 2.45) is 0 Å². The Bertz CT molecular complexity index is 689. The molecule has 0 aromatic heterocycles. The lowest BCUT2D eigenvalue weighted by molar-refractivity contribution is -0.115. The van der Waals surface area contributed by atoms with Gasteiger partial charge in [0.25, 0.3) is 0 Å². The van der Waals surface area contributed by atoms with Crippen LogP contribution >= 0.6 is 0 Å². The number of rotatable bonds is 5. The van der Waals surface area contributed by atoms with Crippen LogP contribution in [0.3, 0.4) is 0 Å². The third-order valence-corrected chi connectivity index (χ3v) is 3.04. The normalized spacial score (nSPS) is 10.2. The van der Waals surface area contributed by atoms with Crippen LogP contribution in [0.15, 0.2) is 36.4 Å². The Balaban J connectivity index is 2.12. The van der Waals surface area contributed by atoms with Crippen molar-refractivity contribution in [3.05, 3.63) is 53.6 Å². The van der Waals surface area contributed by atoms with Crippen LogP contribution in [0, 0.1) is 11.6 Å². The zero-order valence-corrected chi connectivity index (χ0v) is 12.2. The van der Waals surface area contributed by atoms with E-state index < -0.39 is 11.6 Å². The number of carbonyl (C=O) groups is 1. The molecule has 6 heteroatoms. The van der Waals surface area contributed by atoms with Gasteiger partial charge in [-0.15, -0.1) is 0 Å². The fourth-order valence-electron chi connectivity index (χ4n) is 1.97. The largest absolute Gasteiger partial charge is 0.497 e. The van der Waals surface area contributed by atoms with Crippen molar-refractivity contribution in [1.29, 1.82) is 0 Å². The molecule has 2 rings (SSSR count). The second kappa shape index (κ2) is 6.89. The van der Waals surface area contributed by atoms with E-state index in [2.05, 4.69) is 5.32 Å². The van der Waals surface area contributed by atoms with E-state index in [-0.39, 0.29) is 18.0 Å². The first kappa shape index (κ1) is 15.8. The maximum Gasteiger partial charge on any atom is 0.228 e. The van der Waals surface area contributed by atoms with Gasteiger partial charge in [-0.3, -0.25) is 4.79 Å². The van der Waals surface area contributed by atoms with Crippen LogP contribution in [0.4, 0.5) is 14.5 Å². The van der Waals surface area contributed by atoms with E-state index in [4.69, 9.17) is 9.47 Å². The zero-order valence-electron chi connectivity index (χ0n) is 12.2. The molecule has 0 spiro atoms. The highest BCUT2D eigenvalue weighted by molar-refractivity contribution is 5.92. The average molecular weight is 307 g/mol. The molecule has 0 radical (unpaired) electrons. The van der Waals surface area contributed by atoms with Gasteiger partial charge in [0.05, 0.1) is 20.6 Å². The maximum absolute atomic E-state index is 13.1. The number of nitrogens with one attached hydrogen (secondary N) is 1. The van der Waals surface area contributed by atoms with Gasteiger partial charge in [-0.1, -0.05) is 0 Å². The first-order valence-electron chi connectivity index (χ1n) is 6.49. The molecule has 0 saturated heterocycles. The van der Waals surface area contributed by atoms with E-state index in [9.17, 15) is 13.6 Å². The second-order valence-corrected chi connectivity index (χ2v) is 4.53. The van der Waals surface area contributed by atoms with Gasteiger partial charge >= 0.3 is 0 Å². The summed E-state index contributed by atoms with van der Waals surface area (Å²) in [4.78, 5) is 12.0. The molecule has 0 bridgehead atoms. The molecule has 4 nitrogen and oxygen atoms in total. The molecule has 2 aromatic carbocycles. The molecule has 1 amide bonds. The fourth-order valence-corrected chi connectivity index (χ4v) is 1.97. The number of hydrogen-bond acceptors (Lipinski definition) is 3. The maximum atomic E-state index is 13.1. The number of benzene rings is 2. The minimum Gasteiger partial charge on any atom is -0.497 e. The first-order chi connectivity index (χ1) is 10.5. The highest BCUT2D eigenvalue weighted by Gasteiger charge is 2.11. The van der Waals surface area contributed by atoms with Gasteiger partial charge in [0.2, 0.25) is 5.91 Å². The van der Waals surface area contributed by atoms with Gasteiger partial charge in [-0.05, 0) is 30.3 Å². The fraction of sp³-hybridized carbons (Fsp3) is 0.188. The molecular weight excluding hydrogens is 292 g/mol. The number of carbonyl (C=O) groups excluding carboxylic acids is 1. The van der Waals surface area contributed by atoms with E-state index in [1.54, 1.807) is 18.2 Å². The Morgan fingerprint density at radius 2 is 1.82 bits per heavy atom. The third-order valence-electron chi connectivity index (χ3n) is 3.04. The quantitative estimate of drug-likeness (QED) is 0.923. The van der Waals surface area contributed by atoms with Crippen molar-refractivity contribution >= 4 is 11.6 Å². The minimum atomic E-state index is -1.02. The Hall–Kier alpha value is -2.63. The summed E-state index contributed by atoms with van der Waals surface area (Å²) in [5, 5.41) is 2.51. The number of ether oxygens (including phenoxy) is 2. The van der Waals surface area contributed by atoms with Crippen molar-refractivity contribution in [1.82, 2.24) is 0 Å². The van der Waals surface area contributed by atoms with Crippen molar-refractivity contribution in [3.63, 3.8) is 0 Å². The second-order valence-electron chi connectivity index (χ2n) is 4.53. The molecular formula is C16H15F2NO3. The van der Waals surface area contributed by atoms with Crippen LogP contribution in [-0.2, 0) is 11.2 Å². The Morgan fingerprint density at radius 1 is 1.05 bits per heavy atom. The molecule has 1 N–H and O–H groups in total. The van der Waals surface area contributed by atoms with Crippen molar-refractivity contribution in [2.45, 2.75) is 6.42 Å². The zero-order chi connectivity index (χ0) is 16.1. The SMILES string of the molecule is COc1ccc(OC)c(CC(=O)Nc2ccc(F)c(F)c2)c1. The molecule has 0 aliphatic rings. The van der Waals surface area contributed by atoms with E-state index in [1.165, 1.54) is 20.3 Å². The van der Waals surface area contributed by atoms with Crippen molar-refractivity contribution < 1.29 is 23.0 Å². The van der Waals surface area contributed by atoms with E-state index in [1.807, 2.05) is 0 Å². The Morgan fingerprint density at radius 3 is 2.45 bits per heavy atom. The van der Waals surface area contributed by atoms with Crippen LogP contribution < -0.4 is 14.8 Å². The van der Waals surface area contributed by atoms with E-state index in [0.29, 0.717) is 17.1 Å². The van der Waals surface area contributed by atoms with E-state index >= 15 is 0 Å². The van der Waals surface area contributed by atoms with Crippen LogP contribution in [0.5, 0.6) is 11.5 Å². The molecule has 0 fully saturated rings. The number of hydrogen-bond donors (Lipinski definition) is 1. The predicted octanol–water partition coefficient (Wildman–Crippen LogP) is 3.16. The topological polar surface area (TPSA) is 47.6 Å². The molecule has 0 atom stereocenters. The summed E-state index contributed by atoms with van der Waals surface area (Å²) >= 11 is 0. The number of anilines is 1. The van der Waals surface area contributed by atoms with E-state index in [0.717, 1.165) is 12.1 Å². The van der Waals surface area contributed by atoms with Gasteiger partial charge in [0.1, 0.15) is 11.5 Å². The van der Waals surface area contributed by atoms with Gasteiger partial charge in [-0.2, -0.15) is 0 Å².